The first-order valence-electron chi connectivity index (χ1n) is 7.48. The summed E-state index contributed by atoms with van der Waals surface area (Å²) in [5.41, 5.74) is 1.50. The van der Waals surface area contributed by atoms with E-state index < -0.39 is 0 Å². The molecule has 0 aliphatic rings. The molecule has 1 N–H and O–H groups in total. The summed E-state index contributed by atoms with van der Waals surface area (Å²) in [5, 5.41) is 18.2. The molecule has 0 bridgehead atoms. The lowest BCUT2D eigenvalue weighted by molar-refractivity contribution is -0.118. The van der Waals surface area contributed by atoms with E-state index in [1.807, 2.05) is 35.7 Å². The van der Waals surface area contributed by atoms with E-state index in [1.54, 1.807) is 28.2 Å². The number of thioether (sulfide) groups is 1. The summed E-state index contributed by atoms with van der Waals surface area (Å²) in [6, 6.07) is 11.4. The van der Waals surface area contributed by atoms with Crippen LogP contribution in [0.2, 0.25) is 0 Å². The van der Waals surface area contributed by atoms with Gasteiger partial charge in [-0.05, 0) is 35.7 Å². The molecule has 0 radical (unpaired) electrons. The van der Waals surface area contributed by atoms with Crippen LogP contribution in [-0.2, 0) is 11.3 Å². The Bertz CT molecular complexity index is 979. The maximum absolute atomic E-state index is 12.0. The molecule has 4 aromatic rings. The highest BCUT2D eigenvalue weighted by Crippen LogP contribution is 2.24. The van der Waals surface area contributed by atoms with E-state index in [0.717, 1.165) is 10.6 Å². The Morgan fingerprint density at radius 3 is 3.00 bits per heavy atom. The maximum atomic E-state index is 12.0. The zero-order chi connectivity index (χ0) is 17.1. The Morgan fingerprint density at radius 1 is 1.24 bits per heavy atom. The molecule has 0 saturated carbocycles. The van der Waals surface area contributed by atoms with Gasteiger partial charge in [0.15, 0.2) is 5.65 Å². The number of hydrogen-bond acceptors (Lipinski definition) is 7. The molecule has 1 amide bonds. The second-order valence-corrected chi connectivity index (χ2v) is 6.98. The van der Waals surface area contributed by atoms with Crippen LogP contribution in [0.4, 0.5) is 0 Å². The molecular weight excluding hydrogens is 358 g/mol. The third-order valence-electron chi connectivity index (χ3n) is 3.38. The number of hydrogen-bond donors (Lipinski definition) is 1. The van der Waals surface area contributed by atoms with E-state index in [-0.39, 0.29) is 11.7 Å². The summed E-state index contributed by atoms with van der Waals surface area (Å²) in [6.45, 7) is 0.369. The summed E-state index contributed by atoms with van der Waals surface area (Å²) >= 11 is 2.92. The van der Waals surface area contributed by atoms with Gasteiger partial charge < -0.3 is 9.73 Å². The second kappa shape index (κ2) is 7.08. The summed E-state index contributed by atoms with van der Waals surface area (Å²) in [7, 11) is 0. The van der Waals surface area contributed by atoms with Gasteiger partial charge in [0.2, 0.25) is 11.1 Å². The molecule has 0 aliphatic heterocycles. The minimum atomic E-state index is -0.104. The summed E-state index contributed by atoms with van der Waals surface area (Å²) in [4.78, 5) is 13.0. The summed E-state index contributed by atoms with van der Waals surface area (Å²) < 4.78 is 6.85. The number of carbonyl (C=O) groups is 1. The molecule has 0 aliphatic carbocycles. The van der Waals surface area contributed by atoms with Crippen molar-refractivity contribution in [1.82, 2.24) is 25.1 Å². The highest BCUT2D eigenvalue weighted by Gasteiger charge is 2.12. The highest BCUT2D eigenvalue weighted by atomic mass is 32.2. The van der Waals surface area contributed by atoms with E-state index in [4.69, 9.17) is 4.42 Å². The van der Waals surface area contributed by atoms with E-state index in [9.17, 15) is 4.79 Å². The topological polar surface area (TPSA) is 85.3 Å². The molecule has 0 atom stereocenters. The number of nitrogens with one attached hydrogen (secondary N) is 1. The molecule has 0 spiro atoms. The lowest BCUT2D eigenvalue weighted by atomic mass is 10.3. The average molecular weight is 371 g/mol. The van der Waals surface area contributed by atoms with E-state index in [0.29, 0.717) is 23.1 Å². The molecule has 7 nitrogen and oxygen atoms in total. The van der Waals surface area contributed by atoms with Crippen LogP contribution in [0.15, 0.2) is 57.6 Å². The van der Waals surface area contributed by atoms with E-state index >= 15 is 0 Å². The number of carbonyl (C=O) groups excluding carboxylic acids is 1. The van der Waals surface area contributed by atoms with Gasteiger partial charge in [-0.25, -0.2) is 0 Å². The van der Waals surface area contributed by atoms with Crippen molar-refractivity contribution in [2.45, 2.75) is 11.7 Å². The predicted molar refractivity (Wildman–Crippen MR) is 95.4 cm³/mol. The van der Waals surface area contributed by atoms with Crippen LogP contribution in [0.25, 0.3) is 16.2 Å². The number of amides is 1. The lowest BCUT2D eigenvalue weighted by Crippen LogP contribution is -2.24. The van der Waals surface area contributed by atoms with Gasteiger partial charge in [-0.2, -0.15) is 9.61 Å². The normalized spacial score (nSPS) is 11.0. The molecular formula is C16H13N5O2S2. The summed E-state index contributed by atoms with van der Waals surface area (Å²) in [6.07, 6.45) is 1.58. The van der Waals surface area contributed by atoms with Crippen molar-refractivity contribution in [1.29, 1.82) is 0 Å². The molecule has 4 aromatic heterocycles. The SMILES string of the molecule is O=C(CSc1nnc2ccc(-c3cccs3)nn12)NCc1ccco1. The van der Waals surface area contributed by atoms with Gasteiger partial charge in [0.05, 0.1) is 23.4 Å². The number of aromatic nitrogens is 4. The van der Waals surface area contributed by atoms with Crippen molar-refractivity contribution in [3.05, 3.63) is 53.8 Å². The smallest absolute Gasteiger partial charge is 0.230 e. The minimum Gasteiger partial charge on any atom is -0.467 e. The zero-order valence-electron chi connectivity index (χ0n) is 13.0. The van der Waals surface area contributed by atoms with Crippen molar-refractivity contribution in [3.63, 3.8) is 0 Å². The monoisotopic (exact) mass is 371 g/mol. The maximum Gasteiger partial charge on any atom is 0.230 e. The van der Waals surface area contributed by atoms with Crippen LogP contribution in [0.3, 0.4) is 0 Å². The molecule has 4 rings (SSSR count). The average Bonchev–Trinajstić information content (AvgIpc) is 3.39. The van der Waals surface area contributed by atoms with Crippen LogP contribution in [-0.4, -0.2) is 31.5 Å². The lowest BCUT2D eigenvalue weighted by Gasteiger charge is -2.03. The Hall–Kier alpha value is -2.65. The largest absolute Gasteiger partial charge is 0.467 e. The minimum absolute atomic E-state index is 0.104. The number of fused-ring (bicyclic) bond motifs is 1. The Labute approximate surface area is 151 Å². The van der Waals surface area contributed by atoms with Gasteiger partial charge in [-0.1, -0.05) is 17.8 Å². The fourth-order valence-electron chi connectivity index (χ4n) is 2.19. The van der Waals surface area contributed by atoms with E-state index in [1.165, 1.54) is 11.8 Å². The fourth-order valence-corrected chi connectivity index (χ4v) is 3.60. The first kappa shape index (κ1) is 15.9. The van der Waals surface area contributed by atoms with Gasteiger partial charge in [0, 0.05) is 0 Å². The van der Waals surface area contributed by atoms with Crippen molar-refractivity contribution in [2.75, 3.05) is 5.75 Å². The van der Waals surface area contributed by atoms with Crippen molar-refractivity contribution in [3.8, 4) is 10.6 Å². The fraction of sp³-hybridized carbons (Fsp3) is 0.125. The molecule has 126 valence electrons. The molecule has 0 fully saturated rings. The molecule has 9 heteroatoms. The van der Waals surface area contributed by atoms with Gasteiger partial charge in [0.25, 0.3) is 0 Å². The first-order valence-corrected chi connectivity index (χ1v) is 9.34. The molecule has 25 heavy (non-hydrogen) atoms. The second-order valence-electron chi connectivity index (χ2n) is 5.09. The molecule has 0 aromatic carbocycles. The van der Waals surface area contributed by atoms with Gasteiger partial charge in [0.1, 0.15) is 11.5 Å². The molecule has 0 saturated heterocycles. The van der Waals surface area contributed by atoms with Crippen molar-refractivity contribution >= 4 is 34.7 Å². The highest BCUT2D eigenvalue weighted by molar-refractivity contribution is 7.99. The van der Waals surface area contributed by atoms with Crippen LogP contribution in [0, 0.1) is 0 Å². The third-order valence-corrected chi connectivity index (χ3v) is 5.19. The number of nitrogens with zero attached hydrogens (tertiary/aromatic N) is 4. The number of thiophene rings is 1. The zero-order valence-corrected chi connectivity index (χ0v) is 14.6. The van der Waals surface area contributed by atoms with Crippen LogP contribution in [0.5, 0.6) is 0 Å². The predicted octanol–water partition coefficient (Wildman–Crippen LogP) is 2.85. The van der Waals surface area contributed by atoms with Gasteiger partial charge in [-0.15, -0.1) is 21.5 Å². The quantitative estimate of drug-likeness (QED) is 0.525. The van der Waals surface area contributed by atoms with E-state index in [2.05, 4.69) is 20.6 Å². The standard InChI is InChI=1S/C16H13N5O2S2/c22-15(17-9-11-3-1-7-23-11)10-25-16-19-18-14-6-5-12(20-21(14)16)13-4-2-8-24-13/h1-8H,9-10H2,(H,17,22). The molecule has 4 heterocycles. The summed E-state index contributed by atoms with van der Waals surface area (Å²) in [5.74, 6) is 0.841. The number of furan rings is 1. The van der Waals surface area contributed by atoms with Crippen LogP contribution >= 0.6 is 23.1 Å². The first-order chi connectivity index (χ1) is 12.3. The third kappa shape index (κ3) is 3.57. The Balaban J connectivity index is 1.44. The van der Waals surface area contributed by atoms with Crippen molar-refractivity contribution in [2.24, 2.45) is 0 Å². The molecule has 0 unspecified atom stereocenters. The number of rotatable bonds is 6. The van der Waals surface area contributed by atoms with Gasteiger partial charge >= 0.3 is 0 Å². The van der Waals surface area contributed by atoms with Crippen LogP contribution in [0.1, 0.15) is 5.76 Å². The Kier molecular flexibility index (Phi) is 4.49. The van der Waals surface area contributed by atoms with Gasteiger partial charge in [-0.3, -0.25) is 4.79 Å². The van der Waals surface area contributed by atoms with Crippen molar-refractivity contribution < 1.29 is 9.21 Å². The van der Waals surface area contributed by atoms with Crippen LogP contribution < -0.4 is 5.32 Å². The Morgan fingerprint density at radius 2 is 2.20 bits per heavy atom.